The summed E-state index contributed by atoms with van der Waals surface area (Å²) in [4.78, 5) is 0. The van der Waals surface area contributed by atoms with Crippen LogP contribution in [0, 0.1) is 7.43 Å². The van der Waals surface area contributed by atoms with Crippen LogP contribution in [0.1, 0.15) is 6.92 Å². The largest absolute Gasteiger partial charge is 0.678 e. The van der Waals surface area contributed by atoms with Crippen molar-refractivity contribution in [1.82, 2.24) is 0 Å². The molecule has 0 atom stereocenters. The first-order chi connectivity index (χ1) is 1.41. The number of nitrogens with one attached hydrogen (secondary N) is 1. The van der Waals surface area contributed by atoms with E-state index in [1.165, 1.54) is 0 Å². The van der Waals surface area contributed by atoms with Gasteiger partial charge in [-0.1, -0.05) is 6.92 Å². The van der Waals surface area contributed by atoms with Crippen LogP contribution < -0.4 is 0 Å². The zero-order valence-corrected chi connectivity index (χ0v) is 6.62. The molecule has 2 heteroatoms. The molecule has 0 bridgehead atoms. The predicted molar refractivity (Wildman–Crippen MR) is 21.3 cm³/mol. The van der Waals surface area contributed by atoms with Crippen molar-refractivity contribution >= 4 is 0 Å². The van der Waals surface area contributed by atoms with Gasteiger partial charge in [0.15, 0.2) is 0 Å². The molecular weight excluding hydrogens is 139 g/mol. The van der Waals surface area contributed by atoms with E-state index < -0.39 is 0 Å². The third-order valence-electron chi connectivity index (χ3n) is 0. The van der Waals surface area contributed by atoms with Crippen LogP contribution in [0.25, 0.3) is 5.73 Å². The quantitative estimate of drug-likeness (QED) is 0.465. The second kappa shape index (κ2) is 19.6. The molecule has 0 aromatic carbocycles. The molecule has 0 fully saturated rings. The Bertz CT molecular complexity index is 6.85. The Labute approximate surface area is 59.2 Å². The van der Waals surface area contributed by atoms with Gasteiger partial charge in [0.25, 0.3) is 0 Å². The van der Waals surface area contributed by atoms with Gasteiger partial charge in [0.05, 0.1) is 0 Å². The summed E-state index contributed by atoms with van der Waals surface area (Å²) in [5.74, 6) is 0. The van der Waals surface area contributed by atoms with Crippen LogP contribution >= 0.6 is 0 Å². The third kappa shape index (κ3) is 42.0. The Hall–Kier alpha value is 1.06. The third-order valence-corrected chi connectivity index (χ3v) is 0. The molecule has 0 aliphatic heterocycles. The van der Waals surface area contributed by atoms with E-state index in [1.54, 1.807) is 6.92 Å². The summed E-state index contributed by atoms with van der Waals surface area (Å²) in [6, 6.07) is 0. The Morgan fingerprint density at radius 2 is 1.60 bits per heavy atom. The fourth-order valence-electron chi connectivity index (χ4n) is 0. The van der Waals surface area contributed by atoms with Crippen LogP contribution in [0.15, 0.2) is 0 Å². The second-order valence-electron chi connectivity index (χ2n) is 0.354. The fraction of sp³-hybridized carbons (Fsp3) is 0.667. The zero-order chi connectivity index (χ0) is 2.71. The molecule has 0 aromatic rings. The van der Waals surface area contributed by atoms with Gasteiger partial charge in [0.1, 0.15) is 0 Å². The van der Waals surface area contributed by atoms with Gasteiger partial charge in [0, 0.05) is 32.7 Å². The van der Waals surface area contributed by atoms with E-state index in [1.807, 2.05) is 0 Å². The summed E-state index contributed by atoms with van der Waals surface area (Å²) in [6.45, 7) is 2.29. The van der Waals surface area contributed by atoms with E-state index in [9.17, 15) is 0 Å². The molecular formula is C3H9NY-2. The predicted octanol–water partition coefficient (Wildman–Crippen LogP) is 1.51. The SMILES string of the molecule is CC[NH-].[CH3-].[Y]. The molecule has 0 saturated heterocycles. The summed E-state index contributed by atoms with van der Waals surface area (Å²) < 4.78 is 0. The molecule has 1 nitrogen and oxygen atoms in total. The van der Waals surface area contributed by atoms with Crippen LogP contribution in [0.2, 0.25) is 0 Å². The summed E-state index contributed by atoms with van der Waals surface area (Å²) in [6.07, 6.45) is 0. The van der Waals surface area contributed by atoms with Crippen molar-refractivity contribution in [2.45, 2.75) is 6.92 Å². The molecule has 0 rings (SSSR count). The monoisotopic (exact) mass is 148 g/mol. The molecule has 31 valence electrons. The molecule has 0 spiro atoms. The molecule has 0 amide bonds. The van der Waals surface area contributed by atoms with Gasteiger partial charge >= 0.3 is 0 Å². The van der Waals surface area contributed by atoms with Crippen LogP contribution in [-0.2, 0) is 32.7 Å². The number of hydrogen-bond donors (Lipinski definition) is 0. The molecule has 0 aromatic heterocycles. The Morgan fingerprint density at radius 3 is 1.60 bits per heavy atom. The van der Waals surface area contributed by atoms with Gasteiger partial charge in [-0.25, -0.2) is 0 Å². The van der Waals surface area contributed by atoms with Crippen molar-refractivity contribution in [3.63, 3.8) is 0 Å². The molecule has 0 aliphatic rings. The van der Waals surface area contributed by atoms with Gasteiger partial charge in [-0.2, -0.15) is 6.54 Å². The topological polar surface area (TPSA) is 23.8 Å². The van der Waals surface area contributed by atoms with Crippen LogP contribution in [0.5, 0.6) is 0 Å². The summed E-state index contributed by atoms with van der Waals surface area (Å²) in [5.41, 5.74) is 6.21. The van der Waals surface area contributed by atoms with Gasteiger partial charge < -0.3 is 13.2 Å². The first-order valence-corrected chi connectivity index (χ1v) is 1.06. The van der Waals surface area contributed by atoms with E-state index in [0.29, 0.717) is 6.54 Å². The summed E-state index contributed by atoms with van der Waals surface area (Å²) in [7, 11) is 0. The first kappa shape index (κ1) is 16.6. The average molecular weight is 148 g/mol. The Balaban J connectivity index is -0.0000000200. The van der Waals surface area contributed by atoms with E-state index in [2.05, 4.69) is 0 Å². The first-order valence-electron chi connectivity index (χ1n) is 1.06. The fourth-order valence-corrected chi connectivity index (χ4v) is 0. The van der Waals surface area contributed by atoms with E-state index >= 15 is 0 Å². The maximum absolute atomic E-state index is 6.21. The molecule has 0 unspecified atom stereocenters. The average Bonchev–Trinajstić information content (AvgIpc) is 0.918. The number of hydrogen-bond acceptors (Lipinski definition) is 0. The van der Waals surface area contributed by atoms with Crippen molar-refractivity contribution in [2.24, 2.45) is 0 Å². The van der Waals surface area contributed by atoms with E-state index in [0.717, 1.165) is 0 Å². The number of rotatable bonds is 0. The van der Waals surface area contributed by atoms with Crippen molar-refractivity contribution in [2.75, 3.05) is 6.54 Å². The molecule has 5 heavy (non-hydrogen) atoms. The van der Waals surface area contributed by atoms with Gasteiger partial charge in [-0.3, -0.25) is 0 Å². The Kier molecular flexibility index (Phi) is 65.0. The molecule has 0 heterocycles. The molecule has 1 N–H and O–H groups in total. The summed E-state index contributed by atoms with van der Waals surface area (Å²) >= 11 is 0. The van der Waals surface area contributed by atoms with Gasteiger partial charge in [-0.15, -0.1) is 0 Å². The van der Waals surface area contributed by atoms with Crippen LogP contribution in [0.4, 0.5) is 0 Å². The standard InChI is InChI=1S/C2H6N.CH3.Y/c1-2-3;;/h3H,2H2,1H3;1H3;/q2*-1;. The second-order valence-corrected chi connectivity index (χ2v) is 0.354. The minimum absolute atomic E-state index is 0. The zero-order valence-electron chi connectivity index (χ0n) is 3.78. The van der Waals surface area contributed by atoms with Crippen LogP contribution in [-0.4, -0.2) is 6.54 Å². The van der Waals surface area contributed by atoms with Crippen molar-refractivity contribution in [1.29, 1.82) is 0 Å². The van der Waals surface area contributed by atoms with Crippen molar-refractivity contribution in [3.8, 4) is 0 Å². The van der Waals surface area contributed by atoms with Crippen molar-refractivity contribution in [3.05, 3.63) is 13.2 Å². The van der Waals surface area contributed by atoms with Gasteiger partial charge in [-0.05, 0) is 0 Å². The normalized spacial score (nSPS) is 3.60. The van der Waals surface area contributed by atoms with Crippen LogP contribution in [0.3, 0.4) is 0 Å². The van der Waals surface area contributed by atoms with Crippen molar-refractivity contribution < 1.29 is 32.7 Å². The van der Waals surface area contributed by atoms with E-state index in [-0.39, 0.29) is 40.1 Å². The molecule has 1 radical (unpaired) electrons. The maximum atomic E-state index is 6.21. The van der Waals surface area contributed by atoms with E-state index in [4.69, 9.17) is 5.73 Å². The minimum Gasteiger partial charge on any atom is -0.678 e. The molecule has 0 aliphatic carbocycles. The maximum Gasteiger partial charge on any atom is 0 e. The molecule has 0 saturated carbocycles. The summed E-state index contributed by atoms with van der Waals surface area (Å²) in [5, 5.41) is 0. The van der Waals surface area contributed by atoms with Gasteiger partial charge in [0.2, 0.25) is 0 Å². The Morgan fingerprint density at radius 1 is 1.60 bits per heavy atom. The smallest absolute Gasteiger partial charge is 0 e. The minimum atomic E-state index is 0.